The molecule has 0 unspecified atom stereocenters. The van der Waals surface area contributed by atoms with Gasteiger partial charge in [-0.2, -0.15) is 0 Å². The Kier molecular flexibility index (Phi) is 5.13. The number of nitrogens with two attached hydrogens (primary N) is 1. The minimum absolute atomic E-state index is 0.133. The number of nitrogens with one attached hydrogen (secondary N) is 1. The molecule has 3 N–H and O–H groups in total. The lowest BCUT2D eigenvalue weighted by Crippen LogP contribution is -2.14. The molecule has 0 aliphatic rings. The predicted molar refractivity (Wildman–Crippen MR) is 100 cm³/mol. The van der Waals surface area contributed by atoms with Crippen LogP contribution < -0.4 is 10.5 Å². The second-order valence-corrected chi connectivity index (χ2v) is 7.62. The Morgan fingerprint density at radius 3 is 2.38 bits per heavy atom. The van der Waals surface area contributed by atoms with Gasteiger partial charge in [-0.25, -0.2) is 13.6 Å². The third-order valence-corrected chi connectivity index (χ3v) is 4.61. The second kappa shape index (κ2) is 7.33. The van der Waals surface area contributed by atoms with Gasteiger partial charge < -0.3 is 9.73 Å². The van der Waals surface area contributed by atoms with Gasteiger partial charge in [0.1, 0.15) is 5.76 Å². The van der Waals surface area contributed by atoms with Gasteiger partial charge in [0.15, 0.2) is 5.76 Å². The number of hydrogen-bond acceptors (Lipinski definition) is 4. The van der Waals surface area contributed by atoms with E-state index in [1.165, 1.54) is 0 Å². The van der Waals surface area contributed by atoms with Crippen molar-refractivity contribution in [2.24, 2.45) is 5.14 Å². The maximum atomic E-state index is 12.3. The van der Waals surface area contributed by atoms with Crippen LogP contribution in [0.2, 0.25) is 5.02 Å². The largest absolute Gasteiger partial charge is 0.451 e. The molecule has 0 atom stereocenters. The van der Waals surface area contributed by atoms with Crippen LogP contribution in [0.5, 0.6) is 0 Å². The van der Waals surface area contributed by atoms with Crippen LogP contribution in [-0.2, 0) is 15.8 Å². The molecular formula is C18H15ClN2O4S. The zero-order chi connectivity index (χ0) is 18.7. The zero-order valence-corrected chi connectivity index (χ0v) is 15.0. The van der Waals surface area contributed by atoms with E-state index < -0.39 is 15.9 Å². The first kappa shape index (κ1) is 18.2. The average Bonchev–Trinajstić information content (AvgIpc) is 3.06. The summed E-state index contributed by atoms with van der Waals surface area (Å²) in [5.41, 5.74) is 1.73. The minimum atomic E-state index is -3.60. The van der Waals surface area contributed by atoms with E-state index in [0.29, 0.717) is 27.6 Å². The van der Waals surface area contributed by atoms with Gasteiger partial charge in [0.25, 0.3) is 5.91 Å². The van der Waals surface area contributed by atoms with Crippen molar-refractivity contribution in [3.8, 4) is 11.3 Å². The van der Waals surface area contributed by atoms with Crippen molar-refractivity contribution >= 4 is 33.2 Å². The molecule has 0 fully saturated rings. The molecule has 3 rings (SSSR count). The van der Waals surface area contributed by atoms with Crippen molar-refractivity contribution in [3.05, 3.63) is 77.0 Å². The molecule has 1 amide bonds. The number of carbonyl (C=O) groups excluding carboxylic acids is 1. The maximum Gasteiger partial charge on any atom is 0.291 e. The number of rotatable bonds is 5. The molecule has 1 heterocycles. The first-order chi connectivity index (χ1) is 12.3. The van der Waals surface area contributed by atoms with Crippen LogP contribution >= 0.6 is 11.6 Å². The summed E-state index contributed by atoms with van der Waals surface area (Å²) >= 11 is 6.13. The lowest BCUT2D eigenvalue weighted by atomic mass is 10.2. The Hall–Kier alpha value is -2.61. The highest BCUT2D eigenvalue weighted by Crippen LogP contribution is 2.29. The molecule has 8 heteroatoms. The van der Waals surface area contributed by atoms with E-state index in [9.17, 15) is 13.2 Å². The first-order valence-corrected chi connectivity index (χ1v) is 9.67. The molecular weight excluding hydrogens is 376 g/mol. The van der Waals surface area contributed by atoms with E-state index in [4.69, 9.17) is 21.2 Å². The molecule has 0 radical (unpaired) electrons. The molecule has 0 saturated heterocycles. The van der Waals surface area contributed by atoms with Gasteiger partial charge in [-0.3, -0.25) is 4.79 Å². The number of sulfonamides is 1. The Labute approximate surface area is 155 Å². The summed E-state index contributed by atoms with van der Waals surface area (Å²) < 4.78 is 27.7. The van der Waals surface area contributed by atoms with Crippen LogP contribution in [0.4, 0.5) is 5.69 Å². The number of primary sulfonamides is 1. The average molecular weight is 391 g/mol. The summed E-state index contributed by atoms with van der Waals surface area (Å²) in [5, 5.41) is 8.21. The van der Waals surface area contributed by atoms with Gasteiger partial charge in [0, 0.05) is 11.3 Å². The van der Waals surface area contributed by atoms with Gasteiger partial charge >= 0.3 is 0 Å². The lowest BCUT2D eigenvalue weighted by Gasteiger charge is -2.05. The molecule has 6 nitrogen and oxygen atoms in total. The molecule has 0 bridgehead atoms. The number of halogens is 1. The van der Waals surface area contributed by atoms with Crippen molar-refractivity contribution in [1.82, 2.24) is 0 Å². The highest BCUT2D eigenvalue weighted by molar-refractivity contribution is 7.88. The fourth-order valence-electron chi connectivity index (χ4n) is 2.38. The molecule has 0 spiro atoms. The standard InChI is InChI=1S/C18H15ClN2O4S/c19-15-4-2-1-3-14(15)16-9-10-17(25-16)18(22)21-13-7-5-12(6-8-13)11-26(20,23)24/h1-10H,11H2,(H,21,22)(H2,20,23,24). The number of anilines is 1. The fourth-order valence-corrected chi connectivity index (χ4v) is 3.26. The van der Waals surface area contributed by atoms with Crippen molar-refractivity contribution in [2.75, 3.05) is 5.32 Å². The van der Waals surface area contributed by atoms with E-state index in [-0.39, 0.29) is 11.5 Å². The van der Waals surface area contributed by atoms with E-state index in [2.05, 4.69) is 5.32 Å². The third kappa shape index (κ3) is 4.51. The molecule has 26 heavy (non-hydrogen) atoms. The zero-order valence-electron chi connectivity index (χ0n) is 13.5. The fraction of sp³-hybridized carbons (Fsp3) is 0.0556. The van der Waals surface area contributed by atoms with E-state index >= 15 is 0 Å². The topological polar surface area (TPSA) is 102 Å². The van der Waals surface area contributed by atoms with Gasteiger partial charge in [-0.1, -0.05) is 35.9 Å². The molecule has 3 aromatic rings. The number of carbonyl (C=O) groups is 1. The molecule has 2 aromatic carbocycles. The summed E-state index contributed by atoms with van der Waals surface area (Å²) in [6, 6.07) is 16.7. The second-order valence-electron chi connectivity index (χ2n) is 5.60. The summed E-state index contributed by atoms with van der Waals surface area (Å²) in [6.45, 7) is 0. The summed E-state index contributed by atoms with van der Waals surface area (Å²) in [7, 11) is -3.60. The SMILES string of the molecule is NS(=O)(=O)Cc1ccc(NC(=O)c2ccc(-c3ccccc3Cl)o2)cc1. The van der Waals surface area contributed by atoms with Crippen LogP contribution in [0, 0.1) is 0 Å². The molecule has 1 aromatic heterocycles. The van der Waals surface area contributed by atoms with Gasteiger partial charge in [-0.05, 0) is 42.0 Å². The predicted octanol–water partition coefficient (Wildman–Crippen LogP) is 3.64. The quantitative estimate of drug-likeness (QED) is 0.694. The lowest BCUT2D eigenvalue weighted by molar-refractivity contribution is 0.0997. The van der Waals surface area contributed by atoms with Crippen molar-refractivity contribution in [1.29, 1.82) is 0 Å². The van der Waals surface area contributed by atoms with Crippen LogP contribution in [-0.4, -0.2) is 14.3 Å². The third-order valence-electron chi connectivity index (χ3n) is 3.55. The Balaban J connectivity index is 1.72. The smallest absolute Gasteiger partial charge is 0.291 e. The Morgan fingerprint density at radius 2 is 1.73 bits per heavy atom. The van der Waals surface area contributed by atoms with Crippen molar-refractivity contribution in [3.63, 3.8) is 0 Å². The van der Waals surface area contributed by atoms with Crippen LogP contribution in [0.3, 0.4) is 0 Å². The Morgan fingerprint density at radius 1 is 1.04 bits per heavy atom. The summed E-state index contributed by atoms with van der Waals surface area (Å²) in [4.78, 5) is 12.3. The number of amides is 1. The highest BCUT2D eigenvalue weighted by atomic mass is 35.5. The van der Waals surface area contributed by atoms with Crippen LogP contribution in [0.25, 0.3) is 11.3 Å². The van der Waals surface area contributed by atoms with Gasteiger partial charge in [0.2, 0.25) is 10.0 Å². The minimum Gasteiger partial charge on any atom is -0.451 e. The summed E-state index contributed by atoms with van der Waals surface area (Å²) in [6.07, 6.45) is 0. The molecule has 134 valence electrons. The molecule has 0 aliphatic carbocycles. The highest BCUT2D eigenvalue weighted by Gasteiger charge is 2.14. The van der Waals surface area contributed by atoms with E-state index in [1.807, 2.05) is 12.1 Å². The monoisotopic (exact) mass is 390 g/mol. The van der Waals surface area contributed by atoms with Gasteiger partial charge in [-0.15, -0.1) is 0 Å². The number of furan rings is 1. The Bertz CT molecular complexity index is 1040. The number of benzene rings is 2. The van der Waals surface area contributed by atoms with Crippen molar-refractivity contribution < 1.29 is 17.6 Å². The van der Waals surface area contributed by atoms with E-state index in [1.54, 1.807) is 48.5 Å². The van der Waals surface area contributed by atoms with E-state index in [0.717, 1.165) is 0 Å². The van der Waals surface area contributed by atoms with Crippen LogP contribution in [0.15, 0.2) is 65.1 Å². The maximum absolute atomic E-state index is 12.3. The molecule has 0 saturated carbocycles. The van der Waals surface area contributed by atoms with Crippen LogP contribution in [0.1, 0.15) is 16.1 Å². The normalized spacial score (nSPS) is 11.3. The van der Waals surface area contributed by atoms with Crippen molar-refractivity contribution in [2.45, 2.75) is 5.75 Å². The number of hydrogen-bond donors (Lipinski definition) is 2. The molecule has 0 aliphatic heterocycles. The first-order valence-electron chi connectivity index (χ1n) is 7.57. The summed E-state index contributed by atoms with van der Waals surface area (Å²) in [5.74, 6) is -0.0686. The van der Waals surface area contributed by atoms with Gasteiger partial charge in [0.05, 0.1) is 10.8 Å².